The average Bonchev–Trinajstić information content (AvgIpc) is 2.91. The summed E-state index contributed by atoms with van der Waals surface area (Å²) in [5.41, 5.74) is -1.68. The Morgan fingerprint density at radius 2 is 1.85 bits per heavy atom. The number of imidazole rings is 1. The van der Waals surface area contributed by atoms with Gasteiger partial charge in [-0.1, -0.05) is 12.1 Å². The number of hydrogen-bond donors (Lipinski definition) is 0. The lowest BCUT2D eigenvalue weighted by atomic mass is 10.2. The molecule has 3 rings (SSSR count). The highest BCUT2D eigenvalue weighted by Crippen LogP contribution is 2.40. The summed E-state index contributed by atoms with van der Waals surface area (Å²) in [6.07, 6.45) is -4.76. The molecule has 0 unspecified atom stereocenters. The van der Waals surface area contributed by atoms with E-state index in [0.717, 1.165) is 6.07 Å². The lowest BCUT2D eigenvalue weighted by Gasteiger charge is -2.10. The molecule has 0 amide bonds. The van der Waals surface area contributed by atoms with Gasteiger partial charge in [-0.3, -0.25) is 14.7 Å². The van der Waals surface area contributed by atoms with E-state index in [0.29, 0.717) is 28.5 Å². The molecule has 0 saturated carbocycles. The maximum Gasteiger partial charge on any atom is 0.416 e. The number of nitro groups is 1. The van der Waals surface area contributed by atoms with Gasteiger partial charge in [0.25, 0.3) is 5.69 Å². The molecule has 2 aromatic carbocycles. The van der Waals surface area contributed by atoms with Crippen LogP contribution in [0, 0.1) is 10.1 Å². The Bertz CT molecular complexity index is 987. The standard InChI is InChI=1S/C15H8F5N3O2S/c16-13(17)22-10-4-2-1-3-9(10)21-14(22)26-12-6-5-8(15(18,19)20)7-11(12)23(24)25/h1-7,13H. The minimum absolute atomic E-state index is 0.111. The molecule has 0 atom stereocenters. The number of rotatable bonds is 4. The van der Waals surface area contributed by atoms with Gasteiger partial charge in [-0.2, -0.15) is 22.0 Å². The van der Waals surface area contributed by atoms with E-state index < -0.39 is 28.9 Å². The van der Waals surface area contributed by atoms with Crippen molar-refractivity contribution in [2.24, 2.45) is 0 Å². The Morgan fingerprint density at radius 3 is 2.46 bits per heavy atom. The number of aromatic nitrogens is 2. The molecule has 1 heterocycles. The molecule has 0 saturated heterocycles. The van der Waals surface area contributed by atoms with Gasteiger partial charge in [-0.25, -0.2) is 4.98 Å². The van der Waals surface area contributed by atoms with Crippen LogP contribution in [-0.2, 0) is 6.18 Å². The largest absolute Gasteiger partial charge is 0.416 e. The number of alkyl halides is 5. The van der Waals surface area contributed by atoms with Gasteiger partial charge in [0.15, 0.2) is 5.16 Å². The quantitative estimate of drug-likeness (QED) is 0.335. The molecular formula is C15H8F5N3O2S. The second-order valence-corrected chi connectivity index (χ2v) is 6.08. The van der Waals surface area contributed by atoms with Crippen LogP contribution in [0.4, 0.5) is 27.6 Å². The predicted molar refractivity (Wildman–Crippen MR) is 83.2 cm³/mol. The van der Waals surface area contributed by atoms with Crippen LogP contribution in [0.25, 0.3) is 11.0 Å². The van der Waals surface area contributed by atoms with E-state index in [1.807, 2.05) is 0 Å². The zero-order valence-electron chi connectivity index (χ0n) is 12.6. The molecule has 136 valence electrons. The number of hydrogen-bond acceptors (Lipinski definition) is 4. The van der Waals surface area contributed by atoms with Crippen LogP contribution in [0.5, 0.6) is 0 Å². The van der Waals surface area contributed by atoms with E-state index in [1.165, 1.54) is 18.2 Å². The van der Waals surface area contributed by atoms with Crippen LogP contribution in [-0.4, -0.2) is 14.5 Å². The third-order valence-electron chi connectivity index (χ3n) is 3.44. The van der Waals surface area contributed by atoms with Crippen molar-refractivity contribution in [2.45, 2.75) is 22.8 Å². The van der Waals surface area contributed by atoms with Crippen molar-refractivity contribution in [1.82, 2.24) is 9.55 Å². The minimum Gasteiger partial charge on any atom is -0.261 e. The number of para-hydroxylation sites is 2. The van der Waals surface area contributed by atoms with Crippen molar-refractivity contribution < 1.29 is 26.9 Å². The zero-order chi connectivity index (χ0) is 19.1. The first-order chi connectivity index (χ1) is 12.2. The molecule has 1 aromatic heterocycles. The highest BCUT2D eigenvalue weighted by Gasteiger charge is 2.33. The minimum atomic E-state index is -4.76. The first-order valence-corrected chi connectivity index (χ1v) is 7.78. The van der Waals surface area contributed by atoms with Gasteiger partial charge in [0.05, 0.1) is 26.4 Å². The average molecular weight is 389 g/mol. The summed E-state index contributed by atoms with van der Waals surface area (Å²) in [5.74, 6) is 0. The van der Waals surface area contributed by atoms with Crippen molar-refractivity contribution in [1.29, 1.82) is 0 Å². The van der Waals surface area contributed by atoms with Crippen LogP contribution >= 0.6 is 11.8 Å². The van der Waals surface area contributed by atoms with E-state index in [4.69, 9.17) is 0 Å². The number of nitro benzene ring substituents is 1. The molecule has 0 N–H and O–H groups in total. The van der Waals surface area contributed by atoms with Gasteiger partial charge in [0.1, 0.15) is 0 Å². The van der Waals surface area contributed by atoms with E-state index in [-0.39, 0.29) is 21.1 Å². The van der Waals surface area contributed by atoms with Crippen molar-refractivity contribution in [2.75, 3.05) is 0 Å². The van der Waals surface area contributed by atoms with E-state index >= 15 is 0 Å². The van der Waals surface area contributed by atoms with E-state index in [9.17, 15) is 32.1 Å². The third kappa shape index (κ3) is 3.34. The Labute approximate surface area is 146 Å². The van der Waals surface area contributed by atoms with E-state index in [1.54, 1.807) is 6.07 Å². The van der Waals surface area contributed by atoms with Crippen LogP contribution in [0.2, 0.25) is 0 Å². The predicted octanol–water partition coefficient (Wildman–Crippen LogP) is 5.51. The van der Waals surface area contributed by atoms with Gasteiger partial charge in [0, 0.05) is 6.07 Å². The molecule has 0 bridgehead atoms. The second kappa shape index (κ2) is 6.56. The van der Waals surface area contributed by atoms with Gasteiger partial charge >= 0.3 is 12.7 Å². The molecule has 0 radical (unpaired) electrons. The molecule has 0 spiro atoms. The fourth-order valence-corrected chi connectivity index (χ4v) is 3.30. The topological polar surface area (TPSA) is 61.0 Å². The van der Waals surface area contributed by atoms with Gasteiger partial charge in [-0.05, 0) is 36.0 Å². The monoisotopic (exact) mass is 389 g/mol. The zero-order valence-corrected chi connectivity index (χ0v) is 13.4. The summed E-state index contributed by atoms with van der Waals surface area (Å²) in [6.45, 7) is -2.97. The summed E-state index contributed by atoms with van der Waals surface area (Å²) in [6, 6.07) is 7.90. The molecular weight excluding hydrogens is 381 g/mol. The summed E-state index contributed by atoms with van der Waals surface area (Å²) in [5, 5.41) is 10.9. The second-order valence-electron chi connectivity index (χ2n) is 5.07. The smallest absolute Gasteiger partial charge is 0.261 e. The van der Waals surface area contributed by atoms with Crippen LogP contribution in [0.1, 0.15) is 12.1 Å². The van der Waals surface area contributed by atoms with Crippen molar-refractivity contribution in [3.05, 3.63) is 58.1 Å². The summed E-state index contributed by atoms with van der Waals surface area (Å²) >= 11 is 0.505. The van der Waals surface area contributed by atoms with E-state index in [2.05, 4.69) is 4.98 Å². The molecule has 0 aliphatic carbocycles. The van der Waals surface area contributed by atoms with Gasteiger partial charge in [-0.15, -0.1) is 0 Å². The molecule has 0 aliphatic rings. The SMILES string of the molecule is O=[N+]([O-])c1cc(C(F)(F)F)ccc1Sc1nc2ccccc2n1C(F)F. The summed E-state index contributed by atoms with van der Waals surface area (Å²) in [4.78, 5) is 13.9. The third-order valence-corrected chi connectivity index (χ3v) is 4.48. The Kier molecular flexibility index (Phi) is 4.57. The molecule has 5 nitrogen and oxygen atoms in total. The fourth-order valence-electron chi connectivity index (χ4n) is 2.30. The number of halogens is 5. The maximum absolute atomic E-state index is 13.4. The van der Waals surface area contributed by atoms with Crippen LogP contribution < -0.4 is 0 Å². The number of benzene rings is 2. The van der Waals surface area contributed by atoms with Crippen LogP contribution in [0.15, 0.2) is 52.5 Å². The lowest BCUT2D eigenvalue weighted by Crippen LogP contribution is -2.06. The van der Waals surface area contributed by atoms with Crippen LogP contribution in [0.3, 0.4) is 0 Å². The molecule has 3 aromatic rings. The Balaban J connectivity index is 2.11. The number of nitrogens with zero attached hydrogens (tertiary/aromatic N) is 3. The molecule has 0 fully saturated rings. The maximum atomic E-state index is 13.4. The van der Waals surface area contributed by atoms with Gasteiger partial charge in [0.2, 0.25) is 0 Å². The highest BCUT2D eigenvalue weighted by molar-refractivity contribution is 7.99. The summed E-state index contributed by atoms with van der Waals surface area (Å²) in [7, 11) is 0. The highest BCUT2D eigenvalue weighted by atomic mass is 32.2. The first kappa shape index (κ1) is 18.1. The van der Waals surface area contributed by atoms with Crippen molar-refractivity contribution >= 4 is 28.5 Å². The lowest BCUT2D eigenvalue weighted by molar-refractivity contribution is -0.388. The normalized spacial score (nSPS) is 12.1. The fraction of sp³-hybridized carbons (Fsp3) is 0.133. The molecule has 11 heteroatoms. The van der Waals surface area contributed by atoms with Gasteiger partial charge < -0.3 is 0 Å². The van der Waals surface area contributed by atoms with Crippen molar-refractivity contribution in [3.63, 3.8) is 0 Å². The Hall–Kier alpha value is -2.69. The number of fused-ring (bicyclic) bond motifs is 1. The van der Waals surface area contributed by atoms with Crippen molar-refractivity contribution in [3.8, 4) is 0 Å². The Morgan fingerprint density at radius 1 is 1.15 bits per heavy atom. The first-order valence-electron chi connectivity index (χ1n) is 6.97. The molecule has 26 heavy (non-hydrogen) atoms. The molecule has 0 aliphatic heterocycles. The summed E-state index contributed by atoms with van der Waals surface area (Å²) < 4.78 is 65.6.